The van der Waals surface area contributed by atoms with Crippen molar-refractivity contribution in [1.82, 2.24) is 29.7 Å². The van der Waals surface area contributed by atoms with E-state index in [4.69, 9.17) is 14.7 Å². The number of hydrogen-bond acceptors (Lipinski definition) is 8. The molecule has 1 aromatic heterocycles. The zero-order chi connectivity index (χ0) is 31.1. The minimum absolute atomic E-state index is 0.00878. The first-order valence-electron chi connectivity index (χ1n) is 13.9. The molecule has 3 aliphatic heterocycles. The van der Waals surface area contributed by atoms with Crippen molar-refractivity contribution in [2.45, 2.75) is 39.0 Å². The zero-order valence-corrected chi connectivity index (χ0v) is 25.1. The molecule has 16 nitrogen and oxygen atoms in total. The minimum Gasteiger partial charge on any atom is -0.465 e. The van der Waals surface area contributed by atoms with Crippen LogP contribution in [0, 0.1) is 0 Å². The number of carbonyl (C=O) groups excluding carboxylic acids is 2. The number of carboxylic acid groups (broad SMARTS) is 2. The second-order valence-corrected chi connectivity index (χ2v) is 13.7. The number of carbonyl (C=O) groups is 4. The number of urea groups is 2. The molecule has 42 heavy (non-hydrogen) atoms. The standard InChI is InChI=1S/C18H29N5O5S.C7H12N2O4/c1-18(2,3)14-13-15(28-20-14)19-16(24)21-5-4-6-22(8-7-21)17(25)23-9-11-29(26,27)12-10-23;10-6(11)8-2-1-3-9(5-4-8)7(12)13/h13H,4-12H2,1-3H3,(H,19,24);1-5H2,(H,10,11)(H,12,13). The number of anilines is 1. The molecular weight excluding hydrogens is 574 g/mol. The molecular formula is C25H41N7O9S. The van der Waals surface area contributed by atoms with Crippen molar-refractivity contribution < 1.29 is 42.3 Å². The highest BCUT2D eigenvalue weighted by Crippen LogP contribution is 2.24. The normalized spacial score (nSPS) is 19.6. The lowest BCUT2D eigenvalue weighted by atomic mass is 9.92. The summed E-state index contributed by atoms with van der Waals surface area (Å²) < 4.78 is 28.3. The van der Waals surface area contributed by atoms with E-state index in [-0.39, 0.29) is 55.2 Å². The molecule has 0 unspecified atom stereocenters. The number of rotatable bonds is 1. The third-order valence-electron chi connectivity index (χ3n) is 7.21. The zero-order valence-electron chi connectivity index (χ0n) is 24.3. The molecule has 0 atom stereocenters. The predicted molar refractivity (Wildman–Crippen MR) is 151 cm³/mol. The number of sulfone groups is 1. The van der Waals surface area contributed by atoms with Crippen molar-refractivity contribution in [2.75, 3.05) is 82.3 Å². The Kier molecular flexibility index (Phi) is 10.9. The van der Waals surface area contributed by atoms with Crippen LogP contribution in [0.15, 0.2) is 10.6 Å². The molecule has 3 N–H and O–H groups in total. The lowest BCUT2D eigenvalue weighted by molar-refractivity contribution is 0.137. The monoisotopic (exact) mass is 615 g/mol. The van der Waals surface area contributed by atoms with Gasteiger partial charge < -0.3 is 39.2 Å². The Hall–Kier alpha value is -3.76. The summed E-state index contributed by atoms with van der Waals surface area (Å²) in [5, 5.41) is 24.0. The summed E-state index contributed by atoms with van der Waals surface area (Å²) in [7, 11) is -3.03. The molecule has 236 valence electrons. The molecule has 4 rings (SSSR count). The molecule has 3 saturated heterocycles. The fourth-order valence-electron chi connectivity index (χ4n) is 4.59. The second kappa shape index (κ2) is 13.9. The van der Waals surface area contributed by atoms with Gasteiger partial charge in [-0.2, -0.15) is 0 Å². The Labute approximate surface area is 245 Å². The summed E-state index contributed by atoms with van der Waals surface area (Å²) in [6.07, 6.45) is -0.743. The largest absolute Gasteiger partial charge is 0.465 e. The maximum absolute atomic E-state index is 12.7. The molecule has 0 saturated carbocycles. The number of nitrogens with one attached hydrogen (secondary N) is 1. The molecule has 0 bridgehead atoms. The molecule has 0 radical (unpaired) electrons. The lowest BCUT2D eigenvalue weighted by Gasteiger charge is -2.32. The van der Waals surface area contributed by atoms with Crippen molar-refractivity contribution in [2.24, 2.45) is 0 Å². The van der Waals surface area contributed by atoms with Crippen LogP contribution in [0.2, 0.25) is 0 Å². The predicted octanol–water partition coefficient (Wildman–Crippen LogP) is 1.71. The van der Waals surface area contributed by atoms with Gasteiger partial charge in [0.15, 0.2) is 9.84 Å². The topological polar surface area (TPSA) is 197 Å². The molecule has 17 heteroatoms. The van der Waals surface area contributed by atoms with Crippen LogP contribution < -0.4 is 5.32 Å². The highest BCUT2D eigenvalue weighted by molar-refractivity contribution is 7.91. The molecule has 3 aliphatic rings. The Bertz CT molecular complexity index is 1190. The molecule has 0 aliphatic carbocycles. The van der Waals surface area contributed by atoms with Gasteiger partial charge in [-0.05, 0) is 12.8 Å². The quantitative estimate of drug-likeness (QED) is 0.418. The van der Waals surface area contributed by atoms with E-state index in [1.165, 1.54) is 9.80 Å². The van der Waals surface area contributed by atoms with Gasteiger partial charge in [0.1, 0.15) is 0 Å². The van der Waals surface area contributed by atoms with Gasteiger partial charge >= 0.3 is 24.2 Å². The van der Waals surface area contributed by atoms with Crippen LogP contribution in [0.4, 0.5) is 25.1 Å². The Morgan fingerprint density at radius 3 is 1.71 bits per heavy atom. The van der Waals surface area contributed by atoms with Crippen LogP contribution in [0.1, 0.15) is 39.3 Å². The van der Waals surface area contributed by atoms with Crippen molar-refractivity contribution in [3.05, 3.63) is 11.8 Å². The van der Waals surface area contributed by atoms with Gasteiger partial charge in [-0.3, -0.25) is 5.32 Å². The number of hydrogen-bond donors (Lipinski definition) is 3. The molecule has 1 aromatic rings. The molecule has 4 heterocycles. The van der Waals surface area contributed by atoms with E-state index < -0.39 is 22.0 Å². The Morgan fingerprint density at radius 2 is 1.21 bits per heavy atom. The number of amides is 6. The van der Waals surface area contributed by atoms with Crippen LogP contribution in [0.3, 0.4) is 0 Å². The van der Waals surface area contributed by atoms with Crippen LogP contribution in [-0.4, -0.2) is 149 Å². The smallest absolute Gasteiger partial charge is 0.407 e. The van der Waals surface area contributed by atoms with Crippen molar-refractivity contribution in [3.8, 4) is 0 Å². The molecule has 6 amide bonds. The van der Waals surface area contributed by atoms with E-state index in [9.17, 15) is 27.6 Å². The van der Waals surface area contributed by atoms with E-state index in [1.54, 1.807) is 20.8 Å². The summed E-state index contributed by atoms with van der Waals surface area (Å²) in [6, 6.07) is 1.27. The Morgan fingerprint density at radius 1 is 0.762 bits per heavy atom. The summed E-state index contributed by atoms with van der Waals surface area (Å²) in [5.74, 6) is 0.315. The average Bonchev–Trinajstić information content (AvgIpc) is 3.10. The SMILES string of the molecule is CC(C)(C)c1cc(NC(=O)N2CCCN(C(=O)N3CCS(=O)(=O)CC3)CC2)on1.O=C(O)N1CCCN(C(=O)O)CC1. The third kappa shape index (κ3) is 9.39. The van der Waals surface area contributed by atoms with E-state index in [0.717, 1.165) is 5.69 Å². The maximum Gasteiger partial charge on any atom is 0.407 e. The maximum atomic E-state index is 12.7. The summed E-state index contributed by atoms with van der Waals surface area (Å²) >= 11 is 0. The first-order valence-corrected chi connectivity index (χ1v) is 15.7. The first-order chi connectivity index (χ1) is 19.7. The summed E-state index contributed by atoms with van der Waals surface area (Å²) in [5.41, 5.74) is 0.577. The van der Waals surface area contributed by atoms with Gasteiger partial charge in [0.2, 0.25) is 5.88 Å². The Balaban J connectivity index is 0.000000312. The fourth-order valence-corrected chi connectivity index (χ4v) is 5.79. The van der Waals surface area contributed by atoms with Crippen molar-refractivity contribution in [3.63, 3.8) is 0 Å². The van der Waals surface area contributed by atoms with Crippen LogP contribution in [-0.2, 0) is 15.3 Å². The van der Waals surface area contributed by atoms with E-state index in [1.807, 2.05) is 20.8 Å². The van der Waals surface area contributed by atoms with Crippen molar-refractivity contribution in [1.29, 1.82) is 0 Å². The van der Waals surface area contributed by atoms with Gasteiger partial charge in [-0.15, -0.1) is 0 Å². The summed E-state index contributed by atoms with van der Waals surface area (Å²) in [4.78, 5) is 53.8. The van der Waals surface area contributed by atoms with Gasteiger partial charge in [0.05, 0.1) is 17.2 Å². The van der Waals surface area contributed by atoms with Crippen LogP contribution in [0.25, 0.3) is 0 Å². The number of nitrogens with zero attached hydrogens (tertiary/aromatic N) is 6. The van der Waals surface area contributed by atoms with E-state index >= 15 is 0 Å². The highest BCUT2D eigenvalue weighted by atomic mass is 32.2. The van der Waals surface area contributed by atoms with Gasteiger partial charge in [0, 0.05) is 76.9 Å². The third-order valence-corrected chi connectivity index (χ3v) is 8.82. The van der Waals surface area contributed by atoms with Crippen LogP contribution in [0.5, 0.6) is 0 Å². The van der Waals surface area contributed by atoms with E-state index in [0.29, 0.717) is 58.0 Å². The van der Waals surface area contributed by atoms with Gasteiger partial charge in [-0.25, -0.2) is 27.6 Å². The first kappa shape index (κ1) is 32.8. The number of aromatic nitrogens is 1. The van der Waals surface area contributed by atoms with Gasteiger partial charge in [-0.1, -0.05) is 25.9 Å². The molecule has 3 fully saturated rings. The van der Waals surface area contributed by atoms with E-state index in [2.05, 4.69) is 10.5 Å². The summed E-state index contributed by atoms with van der Waals surface area (Å²) in [6.45, 7) is 9.68. The highest BCUT2D eigenvalue weighted by Gasteiger charge is 2.30. The lowest BCUT2D eigenvalue weighted by Crippen LogP contribution is -2.50. The minimum atomic E-state index is -3.03. The van der Waals surface area contributed by atoms with Gasteiger partial charge in [0.25, 0.3) is 0 Å². The average molecular weight is 616 g/mol. The molecule has 0 aromatic carbocycles. The van der Waals surface area contributed by atoms with Crippen molar-refractivity contribution >= 4 is 40.0 Å². The van der Waals surface area contributed by atoms with Crippen LogP contribution >= 0.6 is 0 Å². The fraction of sp³-hybridized carbons (Fsp3) is 0.720. The second-order valence-electron chi connectivity index (χ2n) is 11.4. The molecule has 0 spiro atoms.